The van der Waals surface area contributed by atoms with Gasteiger partial charge in [0.2, 0.25) is 5.92 Å². The number of nitrogens with one attached hydrogen (secondary N) is 2. The van der Waals surface area contributed by atoms with E-state index in [4.69, 9.17) is 4.74 Å². The molecule has 0 bridgehead atoms. The lowest BCUT2D eigenvalue weighted by Gasteiger charge is -2.34. The summed E-state index contributed by atoms with van der Waals surface area (Å²) in [6.07, 6.45) is 6.41. The normalized spacial score (nSPS) is 15.8. The van der Waals surface area contributed by atoms with Gasteiger partial charge in [0.25, 0.3) is 5.91 Å². The maximum Gasteiger partial charge on any atom is 0.318 e. The van der Waals surface area contributed by atoms with Crippen LogP contribution >= 0.6 is 0 Å². The third-order valence-electron chi connectivity index (χ3n) is 5.49. The summed E-state index contributed by atoms with van der Waals surface area (Å²) in [4.78, 5) is 24.3. The van der Waals surface area contributed by atoms with Crippen molar-refractivity contribution >= 4 is 22.5 Å². The Kier molecular flexibility index (Phi) is 4.57. The summed E-state index contributed by atoms with van der Waals surface area (Å²) in [5, 5.41) is 7.80. The lowest BCUT2D eigenvalue weighted by atomic mass is 9.81. The molecule has 0 radical (unpaired) electrons. The predicted molar refractivity (Wildman–Crippen MR) is 109 cm³/mol. The average Bonchev–Trinajstić information content (AvgIpc) is 3.34. The monoisotopic (exact) mass is 426 g/mol. The zero-order chi connectivity index (χ0) is 21.6. The number of amides is 1. The van der Waals surface area contributed by atoms with Crippen molar-refractivity contribution in [3.8, 4) is 17.1 Å². The Labute approximate surface area is 175 Å². The van der Waals surface area contributed by atoms with Gasteiger partial charge in [0.1, 0.15) is 5.65 Å². The minimum absolute atomic E-state index is 0.181. The van der Waals surface area contributed by atoms with E-state index in [1.807, 2.05) is 25.3 Å². The second-order valence-electron chi connectivity index (χ2n) is 7.69. The number of nitrogens with zero attached hydrogens (tertiary/aromatic N) is 4. The molecule has 4 aromatic heterocycles. The minimum atomic E-state index is -2.60. The van der Waals surface area contributed by atoms with Crippen molar-refractivity contribution in [3.05, 3.63) is 42.5 Å². The number of carbonyl (C=O) groups is 1. The molecule has 4 aromatic rings. The van der Waals surface area contributed by atoms with E-state index in [1.165, 1.54) is 6.20 Å². The maximum absolute atomic E-state index is 13.0. The van der Waals surface area contributed by atoms with Crippen LogP contribution in [0.5, 0.6) is 6.01 Å². The van der Waals surface area contributed by atoms with Gasteiger partial charge >= 0.3 is 6.01 Å². The van der Waals surface area contributed by atoms with Gasteiger partial charge in [-0.25, -0.2) is 18.3 Å². The van der Waals surface area contributed by atoms with Crippen molar-refractivity contribution in [3.63, 3.8) is 0 Å². The van der Waals surface area contributed by atoms with Crippen molar-refractivity contribution in [1.29, 1.82) is 0 Å². The Morgan fingerprint density at radius 1 is 1.39 bits per heavy atom. The quantitative estimate of drug-likeness (QED) is 0.492. The van der Waals surface area contributed by atoms with Gasteiger partial charge in [-0.05, 0) is 30.5 Å². The third kappa shape index (κ3) is 3.58. The summed E-state index contributed by atoms with van der Waals surface area (Å²) in [7, 11) is 0. The van der Waals surface area contributed by atoms with Crippen LogP contribution in [-0.2, 0) is 0 Å². The number of halogens is 2. The summed E-state index contributed by atoms with van der Waals surface area (Å²) >= 11 is 0. The lowest BCUT2D eigenvalue weighted by Crippen LogP contribution is -2.42. The third-order valence-corrected chi connectivity index (χ3v) is 5.49. The van der Waals surface area contributed by atoms with E-state index in [0.29, 0.717) is 29.3 Å². The Hall–Kier alpha value is -3.56. The highest BCUT2D eigenvalue weighted by Gasteiger charge is 2.45. The van der Waals surface area contributed by atoms with Gasteiger partial charge in [-0.1, -0.05) is 0 Å². The van der Waals surface area contributed by atoms with Crippen molar-refractivity contribution in [2.45, 2.75) is 25.7 Å². The molecule has 0 atom stereocenters. The summed E-state index contributed by atoms with van der Waals surface area (Å²) in [6.45, 7) is 2.57. The van der Waals surface area contributed by atoms with Gasteiger partial charge in [-0.15, -0.1) is 0 Å². The molecule has 160 valence electrons. The number of fused-ring (bicyclic) bond motifs is 2. The smallest absolute Gasteiger partial charge is 0.318 e. The standard InChI is InChI=1S/C21H20F2N6O2/c1-2-31-20-26-10-15-14(9-24-18(15)28-20)13-3-4-29-17(5-13)16(11-27-29)19(30)25-8-12-6-21(22,23)7-12/h3-5,9-12H,2,6-8H2,1H3,(H,25,30)(H,24,26,28). The molecule has 1 amide bonds. The number of carbonyl (C=O) groups excluding carboxylic acids is 1. The number of alkyl halides is 2. The summed E-state index contributed by atoms with van der Waals surface area (Å²) < 4.78 is 32.9. The number of hydrogen-bond acceptors (Lipinski definition) is 5. The van der Waals surface area contributed by atoms with Gasteiger partial charge in [0.15, 0.2) is 0 Å². The van der Waals surface area contributed by atoms with Crippen LogP contribution in [0.3, 0.4) is 0 Å². The zero-order valence-corrected chi connectivity index (χ0v) is 16.7. The first-order chi connectivity index (χ1) is 14.9. The summed E-state index contributed by atoms with van der Waals surface area (Å²) in [6, 6.07) is 4.05. The van der Waals surface area contributed by atoms with Gasteiger partial charge in [0.05, 0.1) is 23.9 Å². The molecule has 2 N–H and O–H groups in total. The number of aromatic nitrogens is 5. The van der Waals surface area contributed by atoms with E-state index in [0.717, 1.165) is 16.5 Å². The molecule has 1 aliphatic rings. The second kappa shape index (κ2) is 7.29. The first kappa shape index (κ1) is 19.4. The van der Waals surface area contributed by atoms with Crippen LogP contribution in [-0.4, -0.2) is 49.5 Å². The lowest BCUT2D eigenvalue weighted by molar-refractivity contribution is -0.108. The van der Waals surface area contributed by atoms with Crippen LogP contribution in [0.1, 0.15) is 30.1 Å². The number of hydrogen-bond donors (Lipinski definition) is 2. The van der Waals surface area contributed by atoms with Gasteiger partial charge < -0.3 is 15.0 Å². The van der Waals surface area contributed by atoms with Crippen LogP contribution in [0, 0.1) is 5.92 Å². The van der Waals surface area contributed by atoms with Crippen LogP contribution in [0.15, 0.2) is 36.9 Å². The number of aromatic amines is 1. The van der Waals surface area contributed by atoms with Gasteiger partial charge in [0, 0.05) is 48.9 Å². The maximum atomic E-state index is 13.0. The molecular weight excluding hydrogens is 406 g/mol. The minimum Gasteiger partial charge on any atom is -0.464 e. The number of ether oxygens (including phenoxy) is 1. The zero-order valence-electron chi connectivity index (χ0n) is 16.7. The molecule has 0 aromatic carbocycles. The molecular formula is C21H20F2N6O2. The fraction of sp³-hybridized carbons (Fsp3) is 0.333. The molecule has 1 saturated carbocycles. The number of H-pyrrole nitrogens is 1. The molecule has 0 aliphatic heterocycles. The first-order valence-electron chi connectivity index (χ1n) is 10.0. The van der Waals surface area contributed by atoms with Crippen LogP contribution < -0.4 is 10.1 Å². The highest BCUT2D eigenvalue weighted by Crippen LogP contribution is 2.41. The molecule has 10 heteroatoms. The van der Waals surface area contributed by atoms with E-state index in [2.05, 4.69) is 25.4 Å². The first-order valence-corrected chi connectivity index (χ1v) is 10.0. The molecule has 0 spiro atoms. The fourth-order valence-electron chi connectivity index (χ4n) is 3.91. The Morgan fingerprint density at radius 2 is 2.23 bits per heavy atom. The van der Waals surface area contributed by atoms with Crippen molar-refractivity contribution in [2.24, 2.45) is 5.92 Å². The summed E-state index contributed by atoms with van der Waals surface area (Å²) in [5.74, 6) is -3.11. The predicted octanol–water partition coefficient (Wildman–Crippen LogP) is 3.45. The largest absolute Gasteiger partial charge is 0.464 e. The molecule has 0 unspecified atom stereocenters. The van der Waals surface area contributed by atoms with Crippen molar-refractivity contribution in [2.75, 3.05) is 13.2 Å². The highest BCUT2D eigenvalue weighted by atomic mass is 19.3. The Morgan fingerprint density at radius 3 is 3.00 bits per heavy atom. The Bertz CT molecular complexity index is 1270. The van der Waals surface area contributed by atoms with Gasteiger partial charge in [-0.2, -0.15) is 10.1 Å². The summed E-state index contributed by atoms with van der Waals surface area (Å²) in [5.41, 5.74) is 3.40. The van der Waals surface area contributed by atoms with Crippen molar-refractivity contribution in [1.82, 2.24) is 29.9 Å². The SMILES string of the molecule is CCOc1ncc2c(-c3ccn4ncc(C(=O)NCC5CC(F)(F)C5)c4c3)c[nH]c2n1. The highest BCUT2D eigenvalue weighted by molar-refractivity contribution is 6.02. The number of rotatable bonds is 6. The number of pyridine rings is 1. The van der Waals surface area contributed by atoms with E-state index in [9.17, 15) is 13.6 Å². The molecule has 4 heterocycles. The average molecular weight is 426 g/mol. The Balaban J connectivity index is 1.41. The van der Waals surface area contributed by atoms with Crippen LogP contribution in [0.4, 0.5) is 8.78 Å². The molecule has 8 nitrogen and oxygen atoms in total. The molecule has 31 heavy (non-hydrogen) atoms. The van der Waals surface area contributed by atoms with E-state index >= 15 is 0 Å². The molecule has 0 saturated heterocycles. The topological polar surface area (TPSA) is 97.2 Å². The van der Waals surface area contributed by atoms with E-state index < -0.39 is 5.92 Å². The van der Waals surface area contributed by atoms with Crippen molar-refractivity contribution < 1.29 is 18.3 Å². The molecule has 1 fully saturated rings. The molecule has 1 aliphatic carbocycles. The fourth-order valence-corrected chi connectivity index (χ4v) is 3.91. The molecule has 5 rings (SSSR count). The van der Waals surface area contributed by atoms with Crippen LogP contribution in [0.2, 0.25) is 0 Å². The van der Waals surface area contributed by atoms with E-state index in [1.54, 1.807) is 16.9 Å². The van der Waals surface area contributed by atoms with E-state index in [-0.39, 0.29) is 31.2 Å². The second-order valence-corrected chi connectivity index (χ2v) is 7.69. The van der Waals surface area contributed by atoms with Crippen LogP contribution in [0.25, 0.3) is 27.7 Å². The van der Waals surface area contributed by atoms with Gasteiger partial charge in [-0.3, -0.25) is 4.79 Å².